The molecule has 0 saturated carbocycles. The molecule has 0 spiro atoms. The van der Waals surface area contributed by atoms with Crippen LogP contribution in [0.25, 0.3) is 0 Å². The summed E-state index contributed by atoms with van der Waals surface area (Å²) < 4.78 is 11.0. The molecule has 1 atom stereocenters. The first kappa shape index (κ1) is 16.2. The molecule has 1 aliphatic heterocycles. The van der Waals surface area contributed by atoms with Gasteiger partial charge in [-0.3, -0.25) is 14.9 Å². The van der Waals surface area contributed by atoms with E-state index in [1.807, 2.05) is 0 Å². The Labute approximate surface area is 139 Å². The van der Waals surface area contributed by atoms with E-state index >= 15 is 0 Å². The number of carbonyl (C=O) groups excluding carboxylic acids is 1. The van der Waals surface area contributed by atoms with Gasteiger partial charge in [-0.2, -0.15) is 0 Å². The molecule has 7 heteroatoms. The Balaban J connectivity index is 1.81. The van der Waals surface area contributed by atoms with Crippen LogP contribution in [0.4, 0.5) is 5.69 Å². The van der Waals surface area contributed by atoms with Crippen molar-refractivity contribution in [2.75, 3.05) is 13.2 Å². The van der Waals surface area contributed by atoms with Crippen LogP contribution in [0.15, 0.2) is 47.1 Å². The average Bonchev–Trinajstić information content (AvgIpc) is 3.27. The van der Waals surface area contributed by atoms with E-state index in [9.17, 15) is 14.9 Å². The minimum atomic E-state index is -0.506. The molecule has 0 radical (unpaired) electrons. The van der Waals surface area contributed by atoms with Gasteiger partial charge in [0.1, 0.15) is 5.76 Å². The van der Waals surface area contributed by atoms with Crippen molar-refractivity contribution in [2.24, 2.45) is 0 Å². The maximum absolute atomic E-state index is 12.8. The number of rotatable bonds is 6. The topological polar surface area (TPSA) is 85.8 Å². The van der Waals surface area contributed by atoms with Crippen molar-refractivity contribution in [3.8, 4) is 0 Å². The highest BCUT2D eigenvalue weighted by Crippen LogP contribution is 2.19. The second-order valence-electron chi connectivity index (χ2n) is 5.71. The maximum Gasteiger partial charge on any atom is 0.270 e. The molecule has 1 fully saturated rings. The van der Waals surface area contributed by atoms with E-state index in [0.29, 0.717) is 25.5 Å². The molecule has 7 nitrogen and oxygen atoms in total. The zero-order chi connectivity index (χ0) is 16.9. The number of ether oxygens (including phenoxy) is 1. The zero-order valence-corrected chi connectivity index (χ0v) is 13.1. The molecule has 2 heterocycles. The van der Waals surface area contributed by atoms with Gasteiger partial charge in [-0.05, 0) is 31.0 Å². The molecule has 1 amide bonds. The first-order valence-electron chi connectivity index (χ1n) is 7.81. The first-order chi connectivity index (χ1) is 11.6. The largest absolute Gasteiger partial charge is 0.467 e. The van der Waals surface area contributed by atoms with Crippen LogP contribution in [-0.4, -0.2) is 35.0 Å². The van der Waals surface area contributed by atoms with Crippen molar-refractivity contribution in [3.05, 3.63) is 64.1 Å². The molecule has 1 aromatic carbocycles. The van der Waals surface area contributed by atoms with E-state index < -0.39 is 4.92 Å². The van der Waals surface area contributed by atoms with Crippen LogP contribution >= 0.6 is 0 Å². The Hall–Kier alpha value is -2.67. The van der Waals surface area contributed by atoms with E-state index in [2.05, 4.69) is 0 Å². The normalized spacial score (nSPS) is 16.9. The Morgan fingerprint density at radius 1 is 1.33 bits per heavy atom. The van der Waals surface area contributed by atoms with E-state index in [-0.39, 0.29) is 23.3 Å². The van der Waals surface area contributed by atoms with Crippen LogP contribution in [0.3, 0.4) is 0 Å². The van der Waals surface area contributed by atoms with Crippen LogP contribution in [0.2, 0.25) is 0 Å². The van der Waals surface area contributed by atoms with Gasteiger partial charge >= 0.3 is 0 Å². The summed E-state index contributed by atoms with van der Waals surface area (Å²) in [5.41, 5.74) is 0.185. The summed E-state index contributed by atoms with van der Waals surface area (Å²) in [5, 5.41) is 10.9. The molecule has 24 heavy (non-hydrogen) atoms. The van der Waals surface area contributed by atoms with Gasteiger partial charge in [-0.25, -0.2) is 0 Å². The molecule has 126 valence electrons. The monoisotopic (exact) mass is 330 g/mol. The zero-order valence-electron chi connectivity index (χ0n) is 13.1. The van der Waals surface area contributed by atoms with Crippen molar-refractivity contribution >= 4 is 11.6 Å². The number of nitro benzene ring substituents is 1. The van der Waals surface area contributed by atoms with Gasteiger partial charge in [0.2, 0.25) is 0 Å². The fourth-order valence-corrected chi connectivity index (χ4v) is 2.78. The van der Waals surface area contributed by atoms with Gasteiger partial charge in [0, 0.05) is 30.8 Å². The highest BCUT2D eigenvalue weighted by atomic mass is 16.6. The van der Waals surface area contributed by atoms with Crippen molar-refractivity contribution < 1.29 is 18.9 Å². The van der Waals surface area contributed by atoms with Gasteiger partial charge in [0.25, 0.3) is 11.6 Å². The molecule has 2 aromatic rings. The molecule has 0 aliphatic carbocycles. The van der Waals surface area contributed by atoms with Crippen molar-refractivity contribution in [2.45, 2.75) is 25.5 Å². The van der Waals surface area contributed by atoms with Gasteiger partial charge in [-0.1, -0.05) is 6.07 Å². The number of furan rings is 1. The molecular weight excluding hydrogens is 312 g/mol. The smallest absolute Gasteiger partial charge is 0.270 e. The van der Waals surface area contributed by atoms with Gasteiger partial charge in [0.15, 0.2) is 0 Å². The van der Waals surface area contributed by atoms with Crippen LogP contribution in [0, 0.1) is 10.1 Å². The van der Waals surface area contributed by atoms with E-state index in [4.69, 9.17) is 9.15 Å². The molecule has 1 aliphatic rings. The number of carbonyl (C=O) groups is 1. The lowest BCUT2D eigenvalue weighted by molar-refractivity contribution is -0.384. The van der Waals surface area contributed by atoms with Gasteiger partial charge < -0.3 is 14.1 Å². The van der Waals surface area contributed by atoms with Crippen LogP contribution in [0.1, 0.15) is 29.0 Å². The fraction of sp³-hybridized carbons (Fsp3) is 0.353. The second kappa shape index (κ2) is 7.27. The maximum atomic E-state index is 12.8. The van der Waals surface area contributed by atoms with Gasteiger partial charge in [0.05, 0.1) is 23.8 Å². The fourth-order valence-electron chi connectivity index (χ4n) is 2.78. The quantitative estimate of drug-likeness (QED) is 0.600. The lowest BCUT2D eigenvalue weighted by Crippen LogP contribution is -2.36. The molecule has 1 saturated heterocycles. The number of hydrogen-bond acceptors (Lipinski definition) is 5. The van der Waals surface area contributed by atoms with Crippen molar-refractivity contribution in [1.29, 1.82) is 0 Å². The summed E-state index contributed by atoms with van der Waals surface area (Å²) in [7, 11) is 0. The number of nitro groups is 1. The minimum absolute atomic E-state index is 0.0115. The van der Waals surface area contributed by atoms with Gasteiger partial charge in [-0.15, -0.1) is 0 Å². The van der Waals surface area contributed by atoms with E-state index in [1.54, 1.807) is 29.4 Å². The number of benzene rings is 1. The third-order valence-electron chi connectivity index (χ3n) is 3.97. The minimum Gasteiger partial charge on any atom is -0.467 e. The Kier molecular flexibility index (Phi) is 4.90. The first-order valence-corrected chi connectivity index (χ1v) is 7.81. The molecule has 0 N–H and O–H groups in total. The van der Waals surface area contributed by atoms with E-state index in [0.717, 1.165) is 12.8 Å². The summed E-state index contributed by atoms with van der Waals surface area (Å²) >= 11 is 0. The number of amides is 1. The Morgan fingerprint density at radius 2 is 2.21 bits per heavy atom. The number of nitrogens with zero attached hydrogens (tertiary/aromatic N) is 2. The molecular formula is C17H18N2O5. The van der Waals surface area contributed by atoms with Crippen molar-refractivity contribution in [1.82, 2.24) is 4.90 Å². The van der Waals surface area contributed by atoms with Crippen LogP contribution < -0.4 is 0 Å². The summed E-state index contributed by atoms with van der Waals surface area (Å²) in [6, 6.07) is 9.32. The predicted molar refractivity (Wildman–Crippen MR) is 85.5 cm³/mol. The standard InChI is InChI=1S/C17H18N2O5/c20-17(13-4-1-5-14(10-13)19(21)22)18(11-15-6-2-8-23-15)12-16-7-3-9-24-16/h1-2,4-6,8,10,16H,3,7,9,11-12H2. The predicted octanol–water partition coefficient (Wildman–Crippen LogP) is 3.01. The SMILES string of the molecule is O=C(c1cccc([N+](=O)[O-])c1)N(Cc1ccco1)CC1CCCO1. The third kappa shape index (κ3) is 3.80. The van der Waals surface area contributed by atoms with Crippen molar-refractivity contribution in [3.63, 3.8) is 0 Å². The van der Waals surface area contributed by atoms with E-state index in [1.165, 1.54) is 18.2 Å². The average molecular weight is 330 g/mol. The number of non-ortho nitro benzene ring substituents is 1. The third-order valence-corrected chi connectivity index (χ3v) is 3.97. The second-order valence-corrected chi connectivity index (χ2v) is 5.71. The highest BCUT2D eigenvalue weighted by molar-refractivity contribution is 5.94. The Bertz CT molecular complexity index is 708. The molecule has 1 unspecified atom stereocenters. The number of hydrogen-bond donors (Lipinski definition) is 0. The summed E-state index contributed by atoms with van der Waals surface area (Å²) in [4.78, 5) is 24.9. The summed E-state index contributed by atoms with van der Waals surface area (Å²) in [6.45, 7) is 1.43. The summed E-state index contributed by atoms with van der Waals surface area (Å²) in [5.74, 6) is 0.386. The molecule has 1 aromatic heterocycles. The lowest BCUT2D eigenvalue weighted by Gasteiger charge is -2.24. The highest BCUT2D eigenvalue weighted by Gasteiger charge is 2.25. The Morgan fingerprint density at radius 3 is 2.88 bits per heavy atom. The molecule has 3 rings (SSSR count). The molecule has 0 bridgehead atoms. The summed E-state index contributed by atoms with van der Waals surface area (Å²) in [6.07, 6.45) is 3.42. The van der Waals surface area contributed by atoms with Crippen LogP contribution in [-0.2, 0) is 11.3 Å². The van der Waals surface area contributed by atoms with Crippen LogP contribution in [0.5, 0.6) is 0 Å². The lowest BCUT2D eigenvalue weighted by atomic mass is 10.1.